The molecule has 3 fully saturated rings. The van der Waals surface area contributed by atoms with E-state index in [-0.39, 0.29) is 29.8 Å². The zero-order chi connectivity index (χ0) is 15.0. The van der Waals surface area contributed by atoms with Gasteiger partial charge in [-0.3, -0.25) is 4.79 Å². The Hall–Kier alpha value is -0.320. The van der Waals surface area contributed by atoms with Crippen LogP contribution in [-0.4, -0.2) is 42.6 Å². The van der Waals surface area contributed by atoms with Gasteiger partial charge in [-0.15, -0.1) is 12.4 Å². The van der Waals surface area contributed by atoms with E-state index in [1.54, 1.807) is 0 Å². The Labute approximate surface area is 140 Å². The van der Waals surface area contributed by atoms with Crippen LogP contribution in [0.25, 0.3) is 0 Å². The number of hydrogen-bond donors (Lipinski definition) is 1. The Balaban J connectivity index is 0.00000176. The zero-order valence-corrected chi connectivity index (χ0v) is 14.7. The molecule has 22 heavy (non-hydrogen) atoms. The van der Waals surface area contributed by atoms with Crippen molar-refractivity contribution < 1.29 is 9.53 Å². The van der Waals surface area contributed by atoms with Crippen molar-refractivity contribution in [2.24, 2.45) is 17.1 Å². The van der Waals surface area contributed by atoms with Gasteiger partial charge in [0.2, 0.25) is 5.91 Å². The van der Waals surface area contributed by atoms with Gasteiger partial charge in [0.15, 0.2) is 0 Å². The molecule has 1 spiro atoms. The average molecular weight is 331 g/mol. The molecule has 0 radical (unpaired) electrons. The van der Waals surface area contributed by atoms with E-state index in [9.17, 15) is 4.79 Å². The molecule has 0 heterocycles. The van der Waals surface area contributed by atoms with E-state index in [1.165, 1.54) is 25.7 Å². The maximum Gasteiger partial charge on any atom is 0.225 e. The van der Waals surface area contributed by atoms with E-state index in [1.807, 2.05) is 7.05 Å². The van der Waals surface area contributed by atoms with E-state index in [0.29, 0.717) is 18.1 Å². The molecule has 0 bridgehead atoms. The summed E-state index contributed by atoms with van der Waals surface area (Å²) in [5, 5.41) is 0. The lowest BCUT2D eigenvalue weighted by Crippen LogP contribution is -2.64. The lowest BCUT2D eigenvalue weighted by molar-refractivity contribution is -0.174. The SMILES string of the molecule is CCOC1CC(N(C)C(=O)C2CCC(N)C2)C12CCCC2.Cl. The third-order valence-electron chi connectivity index (χ3n) is 6.28. The summed E-state index contributed by atoms with van der Waals surface area (Å²) in [7, 11) is 2.01. The molecule has 2 N–H and O–H groups in total. The Bertz CT molecular complexity index is 398. The fourth-order valence-corrected chi connectivity index (χ4v) is 5.08. The molecule has 4 nitrogen and oxygen atoms in total. The minimum atomic E-state index is 0. The molecule has 3 rings (SSSR count). The standard InChI is InChI=1S/C17H30N2O2.ClH/c1-3-21-15-11-14(17(15)8-4-5-9-17)19(2)16(20)12-6-7-13(18)10-12;/h12-15H,3-11,18H2,1-2H3;1H. The molecule has 0 aromatic carbocycles. The molecular weight excluding hydrogens is 300 g/mol. The number of nitrogens with two attached hydrogens (primary N) is 1. The molecule has 0 saturated heterocycles. The number of hydrogen-bond acceptors (Lipinski definition) is 3. The number of ether oxygens (including phenoxy) is 1. The van der Waals surface area contributed by atoms with Crippen molar-refractivity contribution in [3.8, 4) is 0 Å². The molecule has 0 aromatic heterocycles. The minimum absolute atomic E-state index is 0. The summed E-state index contributed by atoms with van der Waals surface area (Å²) in [4.78, 5) is 14.8. The van der Waals surface area contributed by atoms with Crippen LogP contribution in [0.5, 0.6) is 0 Å². The summed E-state index contributed by atoms with van der Waals surface area (Å²) >= 11 is 0. The van der Waals surface area contributed by atoms with E-state index in [4.69, 9.17) is 10.5 Å². The van der Waals surface area contributed by atoms with Gasteiger partial charge in [0.1, 0.15) is 0 Å². The van der Waals surface area contributed by atoms with Gasteiger partial charge >= 0.3 is 0 Å². The van der Waals surface area contributed by atoms with E-state index in [2.05, 4.69) is 11.8 Å². The van der Waals surface area contributed by atoms with Gasteiger partial charge < -0.3 is 15.4 Å². The van der Waals surface area contributed by atoms with Gasteiger partial charge in [-0.05, 0) is 45.4 Å². The molecule has 4 atom stereocenters. The van der Waals surface area contributed by atoms with Crippen molar-refractivity contribution in [1.82, 2.24) is 4.90 Å². The largest absolute Gasteiger partial charge is 0.378 e. The van der Waals surface area contributed by atoms with Crippen LogP contribution in [0.3, 0.4) is 0 Å². The van der Waals surface area contributed by atoms with Crippen molar-refractivity contribution in [2.75, 3.05) is 13.7 Å². The molecular formula is C17H31ClN2O2. The molecule has 0 aliphatic heterocycles. The van der Waals surface area contributed by atoms with E-state index in [0.717, 1.165) is 32.3 Å². The van der Waals surface area contributed by atoms with Crippen molar-refractivity contribution >= 4 is 18.3 Å². The van der Waals surface area contributed by atoms with Crippen LogP contribution in [0.2, 0.25) is 0 Å². The highest BCUT2D eigenvalue weighted by molar-refractivity contribution is 5.85. The summed E-state index contributed by atoms with van der Waals surface area (Å²) in [6.07, 6.45) is 9.27. The Morgan fingerprint density at radius 1 is 1.27 bits per heavy atom. The highest BCUT2D eigenvalue weighted by Crippen LogP contribution is 2.56. The van der Waals surface area contributed by atoms with Crippen molar-refractivity contribution in [2.45, 2.75) is 76.5 Å². The number of rotatable bonds is 4. The molecule has 128 valence electrons. The van der Waals surface area contributed by atoms with Gasteiger partial charge in [0.25, 0.3) is 0 Å². The van der Waals surface area contributed by atoms with E-state index < -0.39 is 0 Å². The zero-order valence-electron chi connectivity index (χ0n) is 13.9. The summed E-state index contributed by atoms with van der Waals surface area (Å²) in [5.74, 6) is 0.490. The quantitative estimate of drug-likeness (QED) is 0.862. The number of carbonyl (C=O) groups excluding carboxylic acids is 1. The van der Waals surface area contributed by atoms with Gasteiger partial charge in [-0.1, -0.05) is 12.8 Å². The van der Waals surface area contributed by atoms with Crippen molar-refractivity contribution in [3.05, 3.63) is 0 Å². The fraction of sp³-hybridized carbons (Fsp3) is 0.941. The fourth-order valence-electron chi connectivity index (χ4n) is 5.08. The van der Waals surface area contributed by atoms with Crippen LogP contribution in [-0.2, 0) is 9.53 Å². The van der Waals surface area contributed by atoms with Crippen LogP contribution < -0.4 is 5.73 Å². The van der Waals surface area contributed by atoms with Crippen LogP contribution in [0.1, 0.15) is 58.3 Å². The number of amides is 1. The summed E-state index contributed by atoms with van der Waals surface area (Å²) in [6, 6.07) is 0.617. The molecule has 5 heteroatoms. The first-order chi connectivity index (χ1) is 10.1. The van der Waals surface area contributed by atoms with Gasteiger partial charge in [0, 0.05) is 37.1 Å². The van der Waals surface area contributed by atoms with Gasteiger partial charge in [-0.25, -0.2) is 0 Å². The predicted molar refractivity (Wildman–Crippen MR) is 90.1 cm³/mol. The lowest BCUT2D eigenvalue weighted by atomic mass is 9.60. The number of halogens is 1. The first kappa shape index (κ1) is 18.0. The van der Waals surface area contributed by atoms with Crippen molar-refractivity contribution in [3.63, 3.8) is 0 Å². The number of nitrogens with zero attached hydrogens (tertiary/aromatic N) is 1. The third kappa shape index (κ3) is 2.90. The minimum Gasteiger partial charge on any atom is -0.378 e. The summed E-state index contributed by atoms with van der Waals surface area (Å²) in [6.45, 7) is 2.86. The second kappa shape index (κ2) is 7.06. The molecule has 3 aliphatic carbocycles. The Morgan fingerprint density at radius 2 is 1.95 bits per heavy atom. The topological polar surface area (TPSA) is 55.6 Å². The monoisotopic (exact) mass is 330 g/mol. The normalized spacial score (nSPS) is 36.0. The maximum atomic E-state index is 12.8. The summed E-state index contributed by atoms with van der Waals surface area (Å²) in [5.41, 5.74) is 6.22. The maximum absolute atomic E-state index is 12.8. The predicted octanol–water partition coefficient (Wildman–Crippen LogP) is 2.73. The highest BCUT2D eigenvalue weighted by atomic mass is 35.5. The van der Waals surface area contributed by atoms with Crippen LogP contribution in [0.15, 0.2) is 0 Å². The Kier molecular flexibility index (Phi) is 5.79. The third-order valence-corrected chi connectivity index (χ3v) is 6.28. The molecule has 3 aliphatic rings. The first-order valence-corrected chi connectivity index (χ1v) is 8.72. The van der Waals surface area contributed by atoms with Crippen molar-refractivity contribution in [1.29, 1.82) is 0 Å². The molecule has 3 saturated carbocycles. The van der Waals surface area contributed by atoms with E-state index >= 15 is 0 Å². The average Bonchev–Trinajstić information content (AvgIpc) is 3.11. The van der Waals surface area contributed by atoms with Crippen LogP contribution in [0, 0.1) is 11.3 Å². The molecule has 4 unspecified atom stereocenters. The van der Waals surface area contributed by atoms with Gasteiger partial charge in [0.05, 0.1) is 6.10 Å². The second-order valence-corrected chi connectivity index (χ2v) is 7.35. The first-order valence-electron chi connectivity index (χ1n) is 8.72. The van der Waals surface area contributed by atoms with Crippen LogP contribution in [0.4, 0.5) is 0 Å². The summed E-state index contributed by atoms with van der Waals surface area (Å²) < 4.78 is 5.96. The smallest absolute Gasteiger partial charge is 0.225 e. The molecule has 0 aromatic rings. The highest BCUT2D eigenvalue weighted by Gasteiger charge is 2.59. The number of carbonyl (C=O) groups is 1. The van der Waals surface area contributed by atoms with Gasteiger partial charge in [-0.2, -0.15) is 0 Å². The lowest BCUT2D eigenvalue weighted by Gasteiger charge is -2.57. The van der Waals surface area contributed by atoms with Crippen LogP contribution >= 0.6 is 12.4 Å². The molecule has 1 amide bonds. The second-order valence-electron chi connectivity index (χ2n) is 7.35. The Morgan fingerprint density at radius 3 is 2.50 bits per heavy atom.